The second-order valence-electron chi connectivity index (χ2n) is 8.62. The van der Waals surface area contributed by atoms with Gasteiger partial charge in [-0.3, -0.25) is 0 Å². The molecule has 0 saturated heterocycles. The zero-order valence-corrected chi connectivity index (χ0v) is 27.8. The summed E-state index contributed by atoms with van der Waals surface area (Å²) >= 11 is 5.53. The zero-order valence-electron chi connectivity index (χ0n) is 25.0. The van der Waals surface area contributed by atoms with Crippen molar-refractivity contribution in [2.45, 2.75) is 37.3 Å². The standard InChI is InChI=1S/C13H20F3NO3Si.C7H6F3N.C6H15ClO3Si/c1-18-21(19-2,20-3)9-5-8-17-12-7-4-6-11(10-12)13(14,15)16;8-7(9,10)5-2-1-3-6(11)4-5;1-8-11(9-2,10-3)6-4-5-7/h4,6-7,10,17H,5,8-9H2,1-3H3;1-4H,11H2;4-6H2,1-3H3. The van der Waals surface area contributed by atoms with Gasteiger partial charge in [-0.2, -0.15) is 26.3 Å². The van der Waals surface area contributed by atoms with E-state index in [1.807, 2.05) is 0 Å². The second kappa shape index (κ2) is 20.2. The van der Waals surface area contributed by atoms with Gasteiger partial charge in [0, 0.05) is 78.5 Å². The van der Waals surface area contributed by atoms with E-state index in [2.05, 4.69) is 5.32 Å². The summed E-state index contributed by atoms with van der Waals surface area (Å²) in [7, 11) is 4.46. The molecular weight excluding hydrogens is 642 g/mol. The second-order valence-corrected chi connectivity index (χ2v) is 15.2. The normalized spacial score (nSPS) is 12.1. The summed E-state index contributed by atoms with van der Waals surface area (Å²) in [6.45, 7) is 0.506. The van der Waals surface area contributed by atoms with Crippen LogP contribution in [0.3, 0.4) is 0 Å². The third kappa shape index (κ3) is 15.6. The van der Waals surface area contributed by atoms with Crippen molar-refractivity contribution in [3.05, 3.63) is 59.7 Å². The van der Waals surface area contributed by atoms with Crippen LogP contribution in [0.1, 0.15) is 24.0 Å². The minimum Gasteiger partial charge on any atom is -0.399 e. The lowest BCUT2D eigenvalue weighted by atomic mass is 10.2. The third-order valence-electron chi connectivity index (χ3n) is 5.88. The average Bonchev–Trinajstić information content (AvgIpc) is 2.99. The zero-order chi connectivity index (χ0) is 33.2. The Kier molecular flexibility index (Phi) is 19.3. The van der Waals surface area contributed by atoms with E-state index >= 15 is 0 Å². The lowest BCUT2D eigenvalue weighted by molar-refractivity contribution is -0.138. The SMILES string of the molecule is CO[Si](CCCCl)(OC)OC.CO[Si](CCCNc1cccc(C(F)(F)F)c1)(OC)OC.Nc1cccc(C(F)(F)F)c1. The van der Waals surface area contributed by atoms with Crippen LogP contribution in [0.2, 0.25) is 12.1 Å². The van der Waals surface area contributed by atoms with E-state index < -0.39 is 41.1 Å². The van der Waals surface area contributed by atoms with Crippen LogP contribution >= 0.6 is 11.6 Å². The number of anilines is 2. The molecule has 43 heavy (non-hydrogen) atoms. The number of rotatable bonds is 14. The fraction of sp³-hybridized carbons (Fsp3) is 0.538. The maximum absolute atomic E-state index is 12.6. The van der Waals surface area contributed by atoms with Crippen molar-refractivity contribution in [1.29, 1.82) is 0 Å². The first-order chi connectivity index (χ1) is 20.1. The van der Waals surface area contributed by atoms with Gasteiger partial charge in [-0.15, -0.1) is 11.6 Å². The van der Waals surface area contributed by atoms with E-state index in [0.29, 0.717) is 30.6 Å². The fourth-order valence-corrected chi connectivity index (χ4v) is 7.26. The van der Waals surface area contributed by atoms with Gasteiger partial charge in [-0.1, -0.05) is 12.1 Å². The van der Waals surface area contributed by atoms with Crippen LogP contribution in [0.25, 0.3) is 0 Å². The van der Waals surface area contributed by atoms with Gasteiger partial charge < -0.3 is 37.6 Å². The Morgan fingerprint density at radius 3 is 1.47 bits per heavy atom. The van der Waals surface area contributed by atoms with E-state index in [1.165, 1.54) is 39.5 Å². The highest BCUT2D eigenvalue weighted by Gasteiger charge is 2.37. The van der Waals surface area contributed by atoms with Crippen molar-refractivity contribution in [3.8, 4) is 0 Å². The lowest BCUT2D eigenvalue weighted by Gasteiger charge is -2.24. The van der Waals surface area contributed by atoms with Gasteiger partial charge >= 0.3 is 30.0 Å². The molecule has 248 valence electrons. The van der Waals surface area contributed by atoms with E-state index in [1.54, 1.807) is 27.4 Å². The van der Waals surface area contributed by atoms with Crippen molar-refractivity contribution in [1.82, 2.24) is 0 Å². The summed E-state index contributed by atoms with van der Waals surface area (Å²) in [5.74, 6) is 0.616. The molecular formula is C26H41ClF6N2O6Si2. The molecule has 0 bridgehead atoms. The Morgan fingerprint density at radius 1 is 0.674 bits per heavy atom. The number of benzene rings is 2. The van der Waals surface area contributed by atoms with Gasteiger partial charge in [-0.25, -0.2) is 0 Å². The van der Waals surface area contributed by atoms with Gasteiger partial charge in [0.05, 0.1) is 11.1 Å². The van der Waals surface area contributed by atoms with Gasteiger partial charge in [0.1, 0.15) is 0 Å². The van der Waals surface area contributed by atoms with Gasteiger partial charge in [0.2, 0.25) is 0 Å². The van der Waals surface area contributed by atoms with E-state index in [0.717, 1.165) is 36.7 Å². The van der Waals surface area contributed by atoms with E-state index in [-0.39, 0.29) is 5.69 Å². The Balaban J connectivity index is 0.000000677. The first-order valence-electron chi connectivity index (χ1n) is 12.8. The molecule has 0 atom stereocenters. The summed E-state index contributed by atoms with van der Waals surface area (Å²) in [6.07, 6.45) is -7.10. The average molecular weight is 683 g/mol. The van der Waals surface area contributed by atoms with E-state index in [9.17, 15) is 26.3 Å². The molecule has 0 aliphatic carbocycles. The number of nitrogen functional groups attached to an aromatic ring is 1. The van der Waals surface area contributed by atoms with Gasteiger partial charge in [-0.05, 0) is 49.2 Å². The number of nitrogens with one attached hydrogen (secondary N) is 1. The molecule has 0 aliphatic heterocycles. The lowest BCUT2D eigenvalue weighted by Crippen LogP contribution is -2.42. The predicted octanol–water partition coefficient (Wildman–Crippen LogP) is 7.17. The number of hydrogen-bond acceptors (Lipinski definition) is 8. The number of nitrogens with two attached hydrogens (primary N) is 1. The summed E-state index contributed by atoms with van der Waals surface area (Å²) in [4.78, 5) is 0. The van der Waals surface area contributed by atoms with Crippen LogP contribution in [0.4, 0.5) is 37.7 Å². The molecule has 0 unspecified atom stereocenters. The maximum Gasteiger partial charge on any atom is 0.500 e. The molecule has 0 aliphatic rings. The van der Waals surface area contributed by atoms with Crippen LogP contribution in [0.5, 0.6) is 0 Å². The summed E-state index contributed by atoms with van der Waals surface area (Å²) in [5, 5.41) is 2.96. The maximum atomic E-state index is 12.6. The molecule has 2 rings (SSSR count). The third-order valence-corrected chi connectivity index (χ3v) is 11.8. The Labute approximate surface area is 256 Å². The molecule has 2 aromatic carbocycles. The molecule has 0 saturated carbocycles. The summed E-state index contributed by atoms with van der Waals surface area (Å²) in [5.41, 5.74) is 4.34. The quantitative estimate of drug-likeness (QED) is 0.0713. The topological polar surface area (TPSA) is 93.4 Å². The molecule has 0 aromatic heterocycles. The molecule has 0 fully saturated rings. The van der Waals surface area contributed by atoms with Gasteiger partial charge in [0.25, 0.3) is 0 Å². The Bertz CT molecular complexity index is 1020. The first kappa shape index (κ1) is 41.1. The monoisotopic (exact) mass is 682 g/mol. The number of halogens is 7. The van der Waals surface area contributed by atoms with Crippen LogP contribution in [-0.4, -0.2) is 72.7 Å². The predicted molar refractivity (Wildman–Crippen MR) is 159 cm³/mol. The smallest absolute Gasteiger partial charge is 0.399 e. The molecule has 3 N–H and O–H groups in total. The minimum absolute atomic E-state index is 0.125. The summed E-state index contributed by atoms with van der Waals surface area (Å²) in [6, 6.07) is 11.1. The highest BCUT2D eigenvalue weighted by atomic mass is 35.5. The molecule has 2 aromatic rings. The summed E-state index contributed by atoms with van der Waals surface area (Å²) < 4.78 is 105. The van der Waals surface area contributed by atoms with Crippen LogP contribution in [-0.2, 0) is 38.9 Å². The molecule has 8 nitrogen and oxygen atoms in total. The van der Waals surface area contributed by atoms with Crippen molar-refractivity contribution >= 4 is 40.6 Å². The van der Waals surface area contributed by atoms with Crippen molar-refractivity contribution in [2.75, 3.05) is 66.1 Å². The van der Waals surface area contributed by atoms with Crippen LogP contribution in [0.15, 0.2) is 48.5 Å². The van der Waals surface area contributed by atoms with Crippen molar-refractivity contribution in [3.63, 3.8) is 0 Å². The van der Waals surface area contributed by atoms with Crippen molar-refractivity contribution in [2.24, 2.45) is 0 Å². The van der Waals surface area contributed by atoms with Crippen LogP contribution < -0.4 is 11.1 Å². The highest BCUT2D eigenvalue weighted by Crippen LogP contribution is 2.31. The largest absolute Gasteiger partial charge is 0.500 e. The molecule has 0 heterocycles. The molecule has 0 radical (unpaired) electrons. The fourth-order valence-electron chi connectivity index (χ4n) is 3.45. The van der Waals surface area contributed by atoms with Crippen LogP contribution in [0, 0.1) is 0 Å². The first-order valence-corrected chi connectivity index (χ1v) is 17.2. The minimum atomic E-state index is -4.33. The molecule has 0 amide bonds. The van der Waals surface area contributed by atoms with E-state index in [4.69, 9.17) is 43.9 Å². The molecule has 17 heteroatoms. The highest BCUT2D eigenvalue weighted by molar-refractivity contribution is 6.60. The van der Waals surface area contributed by atoms with Gasteiger partial charge in [0.15, 0.2) is 0 Å². The number of alkyl halides is 7. The van der Waals surface area contributed by atoms with Crippen molar-refractivity contribution < 1.29 is 52.9 Å². The Hall–Kier alpha value is -1.90. The Morgan fingerprint density at radius 2 is 1.09 bits per heavy atom. The molecule has 0 spiro atoms. The number of hydrogen-bond donors (Lipinski definition) is 2.